The lowest BCUT2D eigenvalue weighted by Gasteiger charge is -1.90. The molecule has 1 aromatic heterocycles. The minimum atomic E-state index is 0.225. The second kappa shape index (κ2) is 4.62. The Morgan fingerprint density at radius 3 is 2.67 bits per heavy atom. The predicted molar refractivity (Wildman–Crippen MR) is 46.8 cm³/mol. The highest BCUT2D eigenvalue weighted by Crippen LogP contribution is 2.02. The van der Waals surface area contributed by atoms with Gasteiger partial charge in [0.1, 0.15) is 6.29 Å². The van der Waals surface area contributed by atoms with Gasteiger partial charge in [0.25, 0.3) is 0 Å². The van der Waals surface area contributed by atoms with Gasteiger partial charge in [-0.05, 0) is 11.6 Å². The highest BCUT2D eigenvalue weighted by atomic mass is 35.5. The number of allylic oxidation sites excluding steroid dienone is 1. The number of aromatic nitrogens is 2. The van der Waals surface area contributed by atoms with Crippen LogP contribution in [0, 0.1) is 0 Å². The Morgan fingerprint density at radius 2 is 2.08 bits per heavy atom. The number of nitrogens with zero attached hydrogens (tertiary/aromatic N) is 2. The first kappa shape index (κ1) is 8.87. The molecule has 0 atom stereocenters. The van der Waals surface area contributed by atoms with Crippen LogP contribution in [0.5, 0.6) is 0 Å². The predicted octanol–water partition coefficient (Wildman–Crippen LogP) is 1.73. The van der Waals surface area contributed by atoms with Gasteiger partial charge < -0.3 is 4.79 Å². The van der Waals surface area contributed by atoms with Gasteiger partial charge in [0, 0.05) is 24.4 Å². The van der Waals surface area contributed by atoms with Gasteiger partial charge >= 0.3 is 0 Å². The molecule has 62 valence electrons. The van der Waals surface area contributed by atoms with Crippen LogP contribution in [-0.2, 0) is 4.79 Å². The van der Waals surface area contributed by atoms with Crippen molar-refractivity contribution in [2.75, 3.05) is 0 Å². The summed E-state index contributed by atoms with van der Waals surface area (Å²) in [5.74, 6) is 0. The summed E-state index contributed by atoms with van der Waals surface area (Å²) in [7, 11) is 0. The van der Waals surface area contributed by atoms with Gasteiger partial charge in [0.2, 0.25) is 5.28 Å². The van der Waals surface area contributed by atoms with E-state index in [2.05, 4.69) is 9.97 Å². The van der Waals surface area contributed by atoms with E-state index in [9.17, 15) is 4.79 Å². The van der Waals surface area contributed by atoms with Crippen LogP contribution in [0.25, 0.3) is 6.08 Å². The average Bonchev–Trinajstić information content (AvgIpc) is 2.09. The maximum Gasteiger partial charge on any atom is 0.222 e. The molecule has 1 aromatic rings. The van der Waals surface area contributed by atoms with Gasteiger partial charge in [0.15, 0.2) is 0 Å². The quantitative estimate of drug-likeness (QED) is 0.528. The summed E-state index contributed by atoms with van der Waals surface area (Å²) in [5.41, 5.74) is 0.834. The summed E-state index contributed by atoms with van der Waals surface area (Å²) in [6, 6.07) is 0. The Morgan fingerprint density at radius 1 is 1.42 bits per heavy atom. The molecular formula is C8H7ClN2O. The summed E-state index contributed by atoms with van der Waals surface area (Å²) < 4.78 is 0. The van der Waals surface area contributed by atoms with Crippen molar-refractivity contribution in [2.24, 2.45) is 0 Å². The van der Waals surface area contributed by atoms with Crippen molar-refractivity contribution in [1.29, 1.82) is 0 Å². The van der Waals surface area contributed by atoms with E-state index in [1.54, 1.807) is 24.5 Å². The Labute approximate surface area is 75.1 Å². The fourth-order valence-corrected chi connectivity index (χ4v) is 0.766. The Balaban J connectivity index is 2.64. The third kappa shape index (κ3) is 2.80. The third-order valence-electron chi connectivity index (χ3n) is 1.18. The molecule has 0 saturated heterocycles. The zero-order chi connectivity index (χ0) is 8.81. The Hall–Kier alpha value is -1.22. The van der Waals surface area contributed by atoms with Gasteiger partial charge in [-0.3, -0.25) is 0 Å². The fraction of sp³-hybridized carbons (Fsp3) is 0.125. The van der Waals surface area contributed by atoms with Crippen molar-refractivity contribution in [3.63, 3.8) is 0 Å². The third-order valence-corrected chi connectivity index (χ3v) is 1.38. The lowest BCUT2D eigenvalue weighted by molar-refractivity contribution is -0.107. The van der Waals surface area contributed by atoms with Crippen molar-refractivity contribution in [3.05, 3.63) is 29.3 Å². The smallest absolute Gasteiger partial charge is 0.222 e. The van der Waals surface area contributed by atoms with Crippen LogP contribution < -0.4 is 0 Å². The highest BCUT2D eigenvalue weighted by molar-refractivity contribution is 6.28. The van der Waals surface area contributed by atoms with Crippen molar-refractivity contribution in [2.45, 2.75) is 6.42 Å². The summed E-state index contributed by atoms with van der Waals surface area (Å²) in [4.78, 5) is 17.5. The Bertz CT molecular complexity index is 282. The molecule has 0 aliphatic carbocycles. The normalized spacial score (nSPS) is 10.4. The summed E-state index contributed by atoms with van der Waals surface area (Å²) in [6.07, 6.45) is 7.92. The van der Waals surface area contributed by atoms with E-state index >= 15 is 0 Å². The van der Waals surface area contributed by atoms with Crippen molar-refractivity contribution >= 4 is 24.0 Å². The maximum atomic E-state index is 9.95. The molecule has 12 heavy (non-hydrogen) atoms. The molecule has 0 fully saturated rings. The first-order chi connectivity index (χ1) is 5.83. The van der Waals surface area contributed by atoms with Crippen LogP contribution in [-0.4, -0.2) is 16.3 Å². The van der Waals surface area contributed by atoms with Crippen molar-refractivity contribution in [1.82, 2.24) is 9.97 Å². The number of aldehydes is 1. The molecule has 0 N–H and O–H groups in total. The molecule has 4 heteroatoms. The van der Waals surface area contributed by atoms with Crippen molar-refractivity contribution in [3.8, 4) is 0 Å². The zero-order valence-electron chi connectivity index (χ0n) is 6.27. The maximum absolute atomic E-state index is 9.95. The molecule has 0 saturated carbocycles. The first-order valence-corrected chi connectivity index (χ1v) is 3.78. The largest absolute Gasteiger partial charge is 0.303 e. The average molecular weight is 183 g/mol. The molecule has 1 rings (SSSR count). The van der Waals surface area contributed by atoms with E-state index in [-0.39, 0.29) is 5.28 Å². The van der Waals surface area contributed by atoms with E-state index in [4.69, 9.17) is 11.6 Å². The molecule has 0 aliphatic heterocycles. The SMILES string of the molecule is O=CCC=Cc1cnc(Cl)nc1. The summed E-state index contributed by atoms with van der Waals surface area (Å²) in [6.45, 7) is 0. The highest BCUT2D eigenvalue weighted by Gasteiger charge is 1.88. The molecule has 0 radical (unpaired) electrons. The monoisotopic (exact) mass is 182 g/mol. The van der Waals surface area contributed by atoms with Gasteiger partial charge in [-0.25, -0.2) is 9.97 Å². The fourth-order valence-electron chi connectivity index (χ4n) is 0.668. The minimum absolute atomic E-state index is 0.225. The number of carbonyl (C=O) groups is 1. The van der Waals surface area contributed by atoms with Crippen LogP contribution >= 0.6 is 11.6 Å². The van der Waals surface area contributed by atoms with Crippen LogP contribution in [0.3, 0.4) is 0 Å². The van der Waals surface area contributed by atoms with Gasteiger partial charge in [-0.15, -0.1) is 0 Å². The topological polar surface area (TPSA) is 42.9 Å². The number of rotatable bonds is 3. The zero-order valence-corrected chi connectivity index (χ0v) is 7.03. The molecule has 1 heterocycles. The lowest BCUT2D eigenvalue weighted by atomic mass is 10.3. The molecule has 0 spiro atoms. The first-order valence-electron chi connectivity index (χ1n) is 3.40. The minimum Gasteiger partial charge on any atom is -0.303 e. The second-order valence-corrected chi connectivity index (χ2v) is 2.43. The van der Waals surface area contributed by atoms with Crippen LogP contribution in [0.15, 0.2) is 18.5 Å². The molecule has 0 aliphatic rings. The molecular weight excluding hydrogens is 176 g/mol. The molecule has 0 unspecified atom stereocenters. The van der Waals surface area contributed by atoms with Crippen LogP contribution in [0.4, 0.5) is 0 Å². The molecule has 0 amide bonds. The van der Waals surface area contributed by atoms with Gasteiger partial charge in [0.05, 0.1) is 0 Å². The number of halogens is 1. The van der Waals surface area contributed by atoms with E-state index in [1.807, 2.05) is 0 Å². The standard InChI is InChI=1S/C8H7ClN2O/c9-8-10-5-7(6-11-8)3-1-2-4-12/h1,3-6H,2H2. The van der Waals surface area contributed by atoms with Crippen molar-refractivity contribution < 1.29 is 4.79 Å². The van der Waals surface area contributed by atoms with Gasteiger partial charge in [-0.1, -0.05) is 12.2 Å². The van der Waals surface area contributed by atoms with E-state index in [0.29, 0.717) is 6.42 Å². The number of hydrogen-bond acceptors (Lipinski definition) is 3. The van der Waals surface area contributed by atoms with E-state index in [1.165, 1.54) is 0 Å². The van der Waals surface area contributed by atoms with Crippen LogP contribution in [0.1, 0.15) is 12.0 Å². The molecule has 0 aromatic carbocycles. The van der Waals surface area contributed by atoms with E-state index in [0.717, 1.165) is 11.8 Å². The van der Waals surface area contributed by atoms with E-state index < -0.39 is 0 Å². The summed E-state index contributed by atoms with van der Waals surface area (Å²) in [5, 5.41) is 0.225. The summed E-state index contributed by atoms with van der Waals surface area (Å²) >= 11 is 5.47. The Kier molecular flexibility index (Phi) is 3.41. The lowest BCUT2D eigenvalue weighted by Crippen LogP contribution is -1.81. The second-order valence-electron chi connectivity index (χ2n) is 2.09. The van der Waals surface area contributed by atoms with Crippen LogP contribution in [0.2, 0.25) is 5.28 Å². The van der Waals surface area contributed by atoms with Gasteiger partial charge in [-0.2, -0.15) is 0 Å². The molecule has 3 nitrogen and oxygen atoms in total. The number of carbonyl (C=O) groups excluding carboxylic acids is 1. The number of hydrogen-bond donors (Lipinski definition) is 0. The molecule has 0 bridgehead atoms.